The molecule has 2 aliphatic heterocycles. The van der Waals surface area contributed by atoms with Gasteiger partial charge in [-0.15, -0.1) is 0 Å². The van der Waals surface area contributed by atoms with Gasteiger partial charge in [0.2, 0.25) is 0 Å². The molecule has 3 atom stereocenters. The smallest absolute Gasteiger partial charge is 0.379 e. The van der Waals surface area contributed by atoms with E-state index in [2.05, 4.69) is 20.3 Å². The number of carbonyl (C=O) groups excluding carboxylic acids is 1. The van der Waals surface area contributed by atoms with Crippen molar-refractivity contribution in [2.75, 3.05) is 17.7 Å². The molecule has 3 N–H and O–H groups in total. The second kappa shape index (κ2) is 8.48. The molecule has 4 rings (SSSR count). The highest BCUT2D eigenvalue weighted by Crippen LogP contribution is 2.52. The highest BCUT2D eigenvalue weighted by Gasteiger charge is 2.62. The van der Waals surface area contributed by atoms with Gasteiger partial charge in [0.05, 0.1) is 24.7 Å². The number of fused-ring (bicyclic) bond motifs is 1. The van der Waals surface area contributed by atoms with Gasteiger partial charge in [0.1, 0.15) is 17.9 Å². The lowest BCUT2D eigenvalue weighted by Crippen LogP contribution is -2.46. The lowest BCUT2D eigenvalue weighted by Gasteiger charge is -2.36. The van der Waals surface area contributed by atoms with Crippen LogP contribution in [0.15, 0.2) is 29.5 Å². The molecule has 1 aromatic heterocycles. The second-order valence-corrected chi connectivity index (χ2v) is 8.41. The minimum atomic E-state index is -4.76. The average molecular weight is 491 g/mol. The van der Waals surface area contributed by atoms with Gasteiger partial charge in [-0.2, -0.15) is 13.2 Å². The van der Waals surface area contributed by atoms with E-state index in [-0.39, 0.29) is 28.0 Å². The lowest BCUT2D eigenvalue weighted by molar-refractivity contribution is -0.215. The lowest BCUT2D eigenvalue weighted by atomic mass is 9.78. The second-order valence-electron chi connectivity index (χ2n) is 7.37. The Morgan fingerprint density at radius 2 is 2.03 bits per heavy atom. The van der Waals surface area contributed by atoms with Crippen molar-refractivity contribution in [1.29, 1.82) is 0 Å². The Labute approximate surface area is 186 Å². The first-order valence-electron chi connectivity index (χ1n) is 9.39. The van der Waals surface area contributed by atoms with E-state index in [0.29, 0.717) is 6.07 Å². The van der Waals surface area contributed by atoms with Crippen molar-refractivity contribution in [2.24, 2.45) is 16.6 Å². The number of halogens is 6. The van der Waals surface area contributed by atoms with Gasteiger partial charge in [0, 0.05) is 29.0 Å². The molecule has 1 aromatic carbocycles. The highest BCUT2D eigenvalue weighted by atomic mass is 32.2. The number of hydrogen-bond donors (Lipinski definition) is 2. The molecule has 7 nitrogen and oxygen atoms in total. The molecule has 0 saturated carbocycles. The zero-order valence-corrected chi connectivity index (χ0v) is 17.3. The molecule has 14 heteroatoms. The largest absolute Gasteiger partial charge is 0.415 e. The number of ether oxygens (including phenoxy) is 1. The average Bonchev–Trinajstić information content (AvgIpc) is 3.16. The molecule has 1 saturated heterocycles. The summed E-state index contributed by atoms with van der Waals surface area (Å²) in [5, 5.41) is 2.18. The standard InChI is InChI=1S/C19H15F6N5O2S/c20-3-9-4-28-13(5-27-9)16(31)29-8-1-10(14(22)12(21)2-8)18-7-32-15(19(23,24)25)11(18)6-33-17(26)30-18/h1-2,4-5,11,15H,3,6-7H2,(H2,26,30)(H,29,31). The normalized spacial score (nSPS) is 24.8. The molecule has 2 aromatic rings. The maximum atomic E-state index is 14.9. The molecule has 1 fully saturated rings. The first-order chi connectivity index (χ1) is 15.5. The monoisotopic (exact) mass is 491 g/mol. The highest BCUT2D eigenvalue weighted by molar-refractivity contribution is 8.13. The predicted octanol–water partition coefficient (Wildman–Crippen LogP) is 3.31. The molecule has 0 radical (unpaired) electrons. The number of aliphatic imine (C=N–C) groups is 1. The summed E-state index contributed by atoms with van der Waals surface area (Å²) in [6, 6.07) is 1.65. The molecule has 3 heterocycles. The third-order valence-corrected chi connectivity index (χ3v) is 6.25. The van der Waals surface area contributed by atoms with Crippen LogP contribution in [0.3, 0.4) is 0 Å². The Balaban J connectivity index is 1.73. The molecule has 3 unspecified atom stereocenters. The maximum absolute atomic E-state index is 14.9. The first-order valence-corrected chi connectivity index (χ1v) is 10.4. The number of rotatable bonds is 4. The van der Waals surface area contributed by atoms with Gasteiger partial charge < -0.3 is 15.8 Å². The zero-order valence-electron chi connectivity index (χ0n) is 16.5. The summed E-state index contributed by atoms with van der Waals surface area (Å²) in [7, 11) is 0. The van der Waals surface area contributed by atoms with Crippen molar-refractivity contribution < 1.29 is 35.9 Å². The van der Waals surface area contributed by atoms with Crippen molar-refractivity contribution in [3.05, 3.63) is 53.1 Å². The maximum Gasteiger partial charge on any atom is 0.415 e. The summed E-state index contributed by atoms with van der Waals surface area (Å²) in [4.78, 5) is 23.9. The summed E-state index contributed by atoms with van der Waals surface area (Å²) >= 11 is 0.853. The number of benzene rings is 1. The fraction of sp³-hybridized carbons (Fsp3) is 0.368. The number of amides is 1. The number of nitrogens with one attached hydrogen (secondary N) is 1. The number of aromatic nitrogens is 2. The van der Waals surface area contributed by atoms with Crippen molar-refractivity contribution in [1.82, 2.24) is 9.97 Å². The van der Waals surface area contributed by atoms with E-state index in [9.17, 15) is 31.1 Å². The number of alkyl halides is 4. The van der Waals surface area contributed by atoms with Crippen LogP contribution in [-0.4, -0.2) is 45.7 Å². The number of amidine groups is 1. The van der Waals surface area contributed by atoms with Crippen molar-refractivity contribution in [3.8, 4) is 0 Å². The summed E-state index contributed by atoms with van der Waals surface area (Å²) in [5.41, 5.74) is 2.73. The van der Waals surface area contributed by atoms with E-state index in [0.717, 1.165) is 30.2 Å². The third kappa shape index (κ3) is 4.24. The Morgan fingerprint density at radius 1 is 1.27 bits per heavy atom. The van der Waals surface area contributed by atoms with Crippen LogP contribution in [0.25, 0.3) is 0 Å². The van der Waals surface area contributed by atoms with E-state index in [4.69, 9.17) is 10.5 Å². The summed E-state index contributed by atoms with van der Waals surface area (Å²) in [6.07, 6.45) is -5.01. The van der Waals surface area contributed by atoms with E-state index in [1.165, 1.54) is 0 Å². The molecule has 0 bridgehead atoms. The number of hydrogen-bond acceptors (Lipinski definition) is 7. The molecular formula is C19H15F6N5O2S. The Morgan fingerprint density at radius 3 is 2.67 bits per heavy atom. The van der Waals surface area contributed by atoms with Gasteiger partial charge in [-0.3, -0.25) is 9.78 Å². The fourth-order valence-electron chi connectivity index (χ4n) is 3.81. The van der Waals surface area contributed by atoms with E-state index < -0.39 is 60.1 Å². The van der Waals surface area contributed by atoms with Gasteiger partial charge in [-0.25, -0.2) is 23.1 Å². The Kier molecular flexibility index (Phi) is 5.99. The predicted molar refractivity (Wildman–Crippen MR) is 106 cm³/mol. The first kappa shape index (κ1) is 23.3. The van der Waals surface area contributed by atoms with Crippen LogP contribution in [0.1, 0.15) is 21.7 Å². The topological polar surface area (TPSA) is 102 Å². The number of nitrogens with two attached hydrogens (primary N) is 1. The SMILES string of the molecule is NC1=NC2(c3cc(NC(=O)c4cnc(CF)cn4)cc(F)c3F)COC(C(F)(F)F)C2CS1. The minimum absolute atomic E-state index is 0.0159. The van der Waals surface area contributed by atoms with Crippen LogP contribution in [0, 0.1) is 17.6 Å². The Hall–Kier alpha value is -2.87. The molecule has 0 spiro atoms. The van der Waals surface area contributed by atoms with Crippen molar-refractivity contribution in [3.63, 3.8) is 0 Å². The van der Waals surface area contributed by atoms with Gasteiger partial charge in [-0.05, 0) is 6.07 Å². The molecular weight excluding hydrogens is 476 g/mol. The van der Waals surface area contributed by atoms with Crippen LogP contribution >= 0.6 is 11.8 Å². The summed E-state index contributed by atoms with van der Waals surface area (Å²) in [6.45, 7) is -1.58. The van der Waals surface area contributed by atoms with Crippen molar-refractivity contribution in [2.45, 2.75) is 24.5 Å². The summed E-state index contributed by atoms with van der Waals surface area (Å²) in [5.74, 6) is -5.30. The third-order valence-electron chi connectivity index (χ3n) is 5.33. The number of anilines is 1. The molecule has 1 amide bonds. The van der Waals surface area contributed by atoms with Crippen LogP contribution in [0.4, 0.5) is 32.0 Å². The van der Waals surface area contributed by atoms with Crippen LogP contribution < -0.4 is 11.1 Å². The minimum Gasteiger partial charge on any atom is -0.379 e. The fourth-order valence-corrected chi connectivity index (χ4v) is 4.84. The number of carbonyl (C=O) groups is 1. The zero-order chi connectivity index (χ0) is 24.0. The van der Waals surface area contributed by atoms with E-state index in [1.54, 1.807) is 0 Å². The van der Waals surface area contributed by atoms with Crippen LogP contribution in [0.2, 0.25) is 0 Å². The number of thioether (sulfide) groups is 1. The quantitative estimate of drug-likeness (QED) is 0.637. The Bertz CT molecular complexity index is 1110. The molecule has 176 valence electrons. The molecule has 33 heavy (non-hydrogen) atoms. The van der Waals surface area contributed by atoms with E-state index >= 15 is 0 Å². The van der Waals surface area contributed by atoms with Gasteiger partial charge in [0.25, 0.3) is 5.91 Å². The molecule has 0 aliphatic carbocycles. The van der Waals surface area contributed by atoms with Gasteiger partial charge >= 0.3 is 6.18 Å². The summed E-state index contributed by atoms with van der Waals surface area (Å²) < 4.78 is 87.4. The van der Waals surface area contributed by atoms with Gasteiger partial charge in [0.15, 0.2) is 22.9 Å². The van der Waals surface area contributed by atoms with Crippen LogP contribution in [0.5, 0.6) is 0 Å². The number of nitrogens with zero attached hydrogens (tertiary/aromatic N) is 3. The van der Waals surface area contributed by atoms with Crippen LogP contribution in [-0.2, 0) is 17.0 Å². The van der Waals surface area contributed by atoms with Crippen molar-refractivity contribution >= 4 is 28.5 Å². The molecule has 2 aliphatic rings. The van der Waals surface area contributed by atoms with E-state index in [1.807, 2.05) is 0 Å². The van der Waals surface area contributed by atoms with Gasteiger partial charge in [-0.1, -0.05) is 11.8 Å².